The lowest BCUT2D eigenvalue weighted by atomic mass is 10.0. The van der Waals surface area contributed by atoms with Crippen molar-refractivity contribution < 1.29 is 14.7 Å². The van der Waals surface area contributed by atoms with Gasteiger partial charge in [-0.3, -0.25) is 4.79 Å². The molecule has 1 aromatic carbocycles. The van der Waals surface area contributed by atoms with Gasteiger partial charge in [-0.15, -0.1) is 0 Å². The van der Waals surface area contributed by atoms with Crippen molar-refractivity contribution in [3.63, 3.8) is 0 Å². The molecule has 0 saturated heterocycles. The summed E-state index contributed by atoms with van der Waals surface area (Å²) in [5.41, 5.74) is 6.77. The largest absolute Gasteiger partial charge is 0.480 e. The molecule has 0 aliphatic rings. The molecule has 0 heterocycles. The lowest BCUT2D eigenvalue weighted by Crippen LogP contribution is -2.49. The fourth-order valence-corrected chi connectivity index (χ4v) is 1.93. The highest BCUT2D eigenvalue weighted by molar-refractivity contribution is 5.86. The van der Waals surface area contributed by atoms with Crippen molar-refractivity contribution >= 4 is 11.9 Å². The monoisotopic (exact) mass is 278 g/mol. The molecule has 0 radical (unpaired) electrons. The number of benzene rings is 1. The maximum absolute atomic E-state index is 11.9. The average molecular weight is 278 g/mol. The number of carboxylic acid groups (broad SMARTS) is 1. The number of rotatable bonds is 7. The van der Waals surface area contributed by atoms with Crippen LogP contribution in [0, 0.1) is 5.92 Å². The van der Waals surface area contributed by atoms with Gasteiger partial charge in [-0.2, -0.15) is 0 Å². The van der Waals surface area contributed by atoms with Crippen molar-refractivity contribution in [1.82, 2.24) is 5.32 Å². The van der Waals surface area contributed by atoms with Crippen molar-refractivity contribution in [3.05, 3.63) is 35.9 Å². The summed E-state index contributed by atoms with van der Waals surface area (Å²) in [6, 6.07) is 7.78. The third kappa shape index (κ3) is 5.40. The molecule has 2 atom stereocenters. The Labute approximate surface area is 119 Å². The number of nitrogens with one attached hydrogen (secondary N) is 1. The molecule has 0 bridgehead atoms. The van der Waals surface area contributed by atoms with E-state index in [0.29, 0.717) is 12.8 Å². The Balaban J connectivity index is 2.57. The van der Waals surface area contributed by atoms with Gasteiger partial charge in [0.25, 0.3) is 0 Å². The number of carbonyl (C=O) groups is 2. The van der Waals surface area contributed by atoms with Crippen LogP contribution < -0.4 is 11.1 Å². The van der Waals surface area contributed by atoms with Crippen molar-refractivity contribution in [2.24, 2.45) is 11.7 Å². The second-order valence-corrected chi connectivity index (χ2v) is 5.33. The number of aliphatic carboxylic acids is 1. The van der Waals surface area contributed by atoms with Gasteiger partial charge < -0.3 is 16.2 Å². The fourth-order valence-electron chi connectivity index (χ4n) is 1.93. The van der Waals surface area contributed by atoms with E-state index in [9.17, 15) is 9.59 Å². The van der Waals surface area contributed by atoms with Crippen LogP contribution >= 0.6 is 0 Å². The number of hydrogen-bond acceptors (Lipinski definition) is 3. The molecule has 5 nitrogen and oxygen atoms in total. The van der Waals surface area contributed by atoms with Crippen molar-refractivity contribution in [2.75, 3.05) is 0 Å². The Hall–Kier alpha value is -1.88. The Kier molecular flexibility index (Phi) is 6.18. The highest BCUT2D eigenvalue weighted by atomic mass is 16.4. The Morgan fingerprint density at radius 1 is 1.25 bits per heavy atom. The molecule has 20 heavy (non-hydrogen) atoms. The zero-order valence-corrected chi connectivity index (χ0v) is 11.9. The van der Waals surface area contributed by atoms with Crippen molar-refractivity contribution in [2.45, 2.75) is 38.8 Å². The molecule has 5 heteroatoms. The SMILES string of the molecule is CC(C)CC(NC(=O)[C@@H](N)Cc1ccccc1)C(=O)O. The van der Waals surface area contributed by atoms with Crippen LogP contribution in [0.2, 0.25) is 0 Å². The van der Waals surface area contributed by atoms with E-state index in [-0.39, 0.29) is 5.92 Å². The molecule has 0 aliphatic heterocycles. The standard InChI is InChI=1S/C15H22N2O3/c1-10(2)8-13(15(19)20)17-14(18)12(16)9-11-6-4-3-5-7-11/h3-7,10,12-13H,8-9,16H2,1-2H3,(H,17,18)(H,19,20)/t12-,13?/m0/s1. The average Bonchev–Trinajstić information content (AvgIpc) is 2.38. The molecule has 1 rings (SSSR count). The summed E-state index contributed by atoms with van der Waals surface area (Å²) in [7, 11) is 0. The molecule has 1 unspecified atom stereocenters. The lowest BCUT2D eigenvalue weighted by molar-refractivity contribution is -0.142. The number of carbonyl (C=O) groups excluding carboxylic acids is 1. The van der Waals surface area contributed by atoms with E-state index in [1.165, 1.54) is 0 Å². The zero-order chi connectivity index (χ0) is 15.1. The smallest absolute Gasteiger partial charge is 0.326 e. The summed E-state index contributed by atoms with van der Waals surface area (Å²) in [4.78, 5) is 23.0. The maximum Gasteiger partial charge on any atom is 0.326 e. The molecular weight excluding hydrogens is 256 g/mol. The third-order valence-corrected chi connectivity index (χ3v) is 2.96. The first-order chi connectivity index (χ1) is 9.40. The van der Waals surface area contributed by atoms with Gasteiger partial charge in [0, 0.05) is 0 Å². The molecule has 110 valence electrons. The Morgan fingerprint density at radius 2 is 1.85 bits per heavy atom. The van der Waals surface area contributed by atoms with Crippen LogP contribution in [0.4, 0.5) is 0 Å². The van der Waals surface area contributed by atoms with E-state index in [1.54, 1.807) is 0 Å². The van der Waals surface area contributed by atoms with Gasteiger partial charge >= 0.3 is 5.97 Å². The second-order valence-electron chi connectivity index (χ2n) is 5.33. The van der Waals surface area contributed by atoms with Crippen LogP contribution in [0.3, 0.4) is 0 Å². The van der Waals surface area contributed by atoms with Gasteiger partial charge in [-0.1, -0.05) is 44.2 Å². The molecule has 0 aromatic heterocycles. The summed E-state index contributed by atoms with van der Waals surface area (Å²) in [6.45, 7) is 3.82. The van der Waals surface area contributed by atoms with Crippen LogP contribution in [-0.4, -0.2) is 29.1 Å². The van der Waals surface area contributed by atoms with E-state index in [0.717, 1.165) is 5.56 Å². The van der Waals surface area contributed by atoms with Gasteiger partial charge in [-0.25, -0.2) is 4.79 Å². The molecule has 4 N–H and O–H groups in total. The molecule has 0 aliphatic carbocycles. The number of nitrogens with two attached hydrogens (primary N) is 1. The molecule has 0 spiro atoms. The molecular formula is C15H22N2O3. The topological polar surface area (TPSA) is 92.4 Å². The minimum absolute atomic E-state index is 0.182. The predicted molar refractivity (Wildman–Crippen MR) is 77.1 cm³/mol. The maximum atomic E-state index is 11.9. The van der Waals surface area contributed by atoms with Crippen molar-refractivity contribution in [3.8, 4) is 0 Å². The first-order valence-corrected chi connectivity index (χ1v) is 6.72. The summed E-state index contributed by atoms with van der Waals surface area (Å²) in [5, 5.41) is 11.6. The van der Waals surface area contributed by atoms with Crippen LogP contribution in [0.1, 0.15) is 25.8 Å². The van der Waals surface area contributed by atoms with E-state index >= 15 is 0 Å². The zero-order valence-electron chi connectivity index (χ0n) is 11.9. The van der Waals surface area contributed by atoms with Gasteiger partial charge in [-0.05, 0) is 24.3 Å². The molecule has 1 aromatic rings. The summed E-state index contributed by atoms with van der Waals surface area (Å²) < 4.78 is 0. The summed E-state index contributed by atoms with van der Waals surface area (Å²) in [6.07, 6.45) is 0.778. The number of hydrogen-bond donors (Lipinski definition) is 3. The van der Waals surface area contributed by atoms with Gasteiger partial charge in [0.2, 0.25) is 5.91 Å². The predicted octanol–water partition coefficient (Wildman–Crippen LogP) is 1.17. The first kappa shape index (κ1) is 16.2. The van der Waals surface area contributed by atoms with E-state index in [2.05, 4.69) is 5.32 Å². The van der Waals surface area contributed by atoms with Crippen LogP contribution in [0.15, 0.2) is 30.3 Å². The Morgan fingerprint density at radius 3 is 2.35 bits per heavy atom. The van der Waals surface area contributed by atoms with Crippen LogP contribution in [0.25, 0.3) is 0 Å². The number of amides is 1. The van der Waals surface area contributed by atoms with E-state index < -0.39 is 24.0 Å². The fraction of sp³-hybridized carbons (Fsp3) is 0.467. The highest BCUT2D eigenvalue weighted by Crippen LogP contribution is 2.06. The number of carboxylic acids is 1. The summed E-state index contributed by atoms with van der Waals surface area (Å²) >= 11 is 0. The van der Waals surface area contributed by atoms with Crippen LogP contribution in [0.5, 0.6) is 0 Å². The Bertz CT molecular complexity index is 446. The molecule has 0 fully saturated rings. The minimum Gasteiger partial charge on any atom is -0.480 e. The van der Waals surface area contributed by atoms with E-state index in [1.807, 2.05) is 44.2 Å². The van der Waals surface area contributed by atoms with Crippen LogP contribution in [-0.2, 0) is 16.0 Å². The highest BCUT2D eigenvalue weighted by Gasteiger charge is 2.24. The van der Waals surface area contributed by atoms with E-state index in [4.69, 9.17) is 10.8 Å². The first-order valence-electron chi connectivity index (χ1n) is 6.72. The molecule has 0 saturated carbocycles. The van der Waals surface area contributed by atoms with Crippen molar-refractivity contribution in [1.29, 1.82) is 0 Å². The third-order valence-electron chi connectivity index (χ3n) is 2.96. The second kappa shape index (κ2) is 7.65. The lowest BCUT2D eigenvalue weighted by Gasteiger charge is -2.19. The summed E-state index contributed by atoms with van der Waals surface area (Å²) in [5.74, 6) is -1.28. The molecule has 1 amide bonds. The van der Waals surface area contributed by atoms with Gasteiger partial charge in [0.15, 0.2) is 0 Å². The van der Waals surface area contributed by atoms with Gasteiger partial charge in [0.1, 0.15) is 6.04 Å². The van der Waals surface area contributed by atoms with Gasteiger partial charge in [0.05, 0.1) is 6.04 Å². The normalized spacial score (nSPS) is 13.8. The quantitative estimate of drug-likeness (QED) is 0.698. The minimum atomic E-state index is -1.03.